The third-order valence-electron chi connectivity index (χ3n) is 5.00. The van der Waals surface area contributed by atoms with Gasteiger partial charge in [0.25, 0.3) is 0 Å². The van der Waals surface area contributed by atoms with E-state index in [0.29, 0.717) is 6.42 Å². The molecule has 2 N–H and O–H groups in total. The largest absolute Gasteiger partial charge is 0.496 e. The van der Waals surface area contributed by atoms with Crippen LogP contribution in [0.3, 0.4) is 0 Å². The average molecular weight is 385 g/mol. The van der Waals surface area contributed by atoms with Crippen molar-refractivity contribution in [2.45, 2.75) is 20.3 Å². The van der Waals surface area contributed by atoms with Gasteiger partial charge in [-0.3, -0.25) is 4.79 Å². The van der Waals surface area contributed by atoms with Gasteiger partial charge in [0.05, 0.1) is 24.6 Å². The van der Waals surface area contributed by atoms with Crippen molar-refractivity contribution in [1.82, 2.24) is 9.97 Å². The lowest BCUT2D eigenvalue weighted by molar-refractivity contribution is -0.115. The number of benzene rings is 3. The van der Waals surface area contributed by atoms with Crippen LogP contribution in [0.15, 0.2) is 60.7 Å². The summed E-state index contributed by atoms with van der Waals surface area (Å²) in [4.78, 5) is 20.6. The number of methoxy groups -OCH3 is 1. The number of amides is 1. The summed E-state index contributed by atoms with van der Waals surface area (Å²) in [7, 11) is 1.65. The first-order valence-corrected chi connectivity index (χ1v) is 9.52. The molecule has 5 nitrogen and oxygen atoms in total. The van der Waals surface area contributed by atoms with Gasteiger partial charge in [-0.05, 0) is 54.8 Å². The van der Waals surface area contributed by atoms with Crippen LogP contribution in [0.1, 0.15) is 16.7 Å². The number of hydrogen-bond acceptors (Lipinski definition) is 3. The molecule has 4 aromatic rings. The third-order valence-corrected chi connectivity index (χ3v) is 5.00. The molecule has 0 unspecified atom stereocenters. The summed E-state index contributed by atoms with van der Waals surface area (Å²) < 4.78 is 5.28. The molecule has 1 aromatic heterocycles. The number of rotatable bonds is 5. The van der Waals surface area contributed by atoms with E-state index in [4.69, 9.17) is 4.74 Å². The number of aromatic nitrogens is 2. The minimum absolute atomic E-state index is 0.0561. The predicted molar refractivity (Wildman–Crippen MR) is 116 cm³/mol. The van der Waals surface area contributed by atoms with E-state index in [9.17, 15) is 4.79 Å². The standard InChI is InChI=1S/C24H23N3O2/c1-15-8-10-18(24-26-19-6-4-5-7-20(19)27-24)14-21(15)25-23(28)13-17-9-11-22(29-3)16(2)12-17/h4-12,14H,13H2,1-3H3,(H,25,28)(H,26,27). The van der Waals surface area contributed by atoms with E-state index in [1.54, 1.807) is 7.11 Å². The van der Waals surface area contributed by atoms with E-state index in [0.717, 1.165) is 50.5 Å². The van der Waals surface area contributed by atoms with Crippen molar-refractivity contribution in [3.63, 3.8) is 0 Å². The van der Waals surface area contributed by atoms with Crippen LogP contribution in [0, 0.1) is 13.8 Å². The quantitative estimate of drug-likeness (QED) is 0.506. The number of nitrogens with zero attached hydrogens (tertiary/aromatic N) is 1. The molecule has 146 valence electrons. The molecule has 29 heavy (non-hydrogen) atoms. The summed E-state index contributed by atoms with van der Waals surface area (Å²) in [5, 5.41) is 3.04. The number of carbonyl (C=O) groups excluding carboxylic acids is 1. The Morgan fingerprint density at radius 2 is 1.86 bits per heavy atom. The molecule has 0 aliphatic heterocycles. The average Bonchev–Trinajstić information content (AvgIpc) is 3.14. The highest BCUT2D eigenvalue weighted by molar-refractivity contribution is 5.94. The number of carbonyl (C=O) groups is 1. The highest BCUT2D eigenvalue weighted by Crippen LogP contribution is 2.26. The molecule has 0 fully saturated rings. The Bertz CT molecular complexity index is 1160. The first-order chi connectivity index (χ1) is 14.0. The van der Waals surface area contributed by atoms with Crippen molar-refractivity contribution in [2.24, 2.45) is 0 Å². The molecule has 0 saturated heterocycles. The van der Waals surface area contributed by atoms with Gasteiger partial charge in [0.1, 0.15) is 11.6 Å². The number of aromatic amines is 1. The summed E-state index contributed by atoms with van der Waals surface area (Å²) in [6, 6.07) is 19.7. The van der Waals surface area contributed by atoms with Crippen LogP contribution in [0.25, 0.3) is 22.4 Å². The maximum absolute atomic E-state index is 12.6. The van der Waals surface area contributed by atoms with Gasteiger partial charge in [-0.2, -0.15) is 0 Å². The number of H-pyrrole nitrogens is 1. The smallest absolute Gasteiger partial charge is 0.228 e. The highest BCUT2D eigenvalue weighted by Gasteiger charge is 2.11. The Balaban J connectivity index is 1.54. The zero-order valence-corrected chi connectivity index (χ0v) is 16.7. The van der Waals surface area contributed by atoms with Crippen LogP contribution in [-0.2, 0) is 11.2 Å². The van der Waals surface area contributed by atoms with Crippen molar-refractivity contribution >= 4 is 22.6 Å². The van der Waals surface area contributed by atoms with Crippen molar-refractivity contribution in [1.29, 1.82) is 0 Å². The molecule has 1 heterocycles. The number of fused-ring (bicyclic) bond motifs is 1. The molecule has 5 heteroatoms. The van der Waals surface area contributed by atoms with Crippen LogP contribution in [0.4, 0.5) is 5.69 Å². The Kier molecular flexibility index (Phi) is 5.04. The van der Waals surface area contributed by atoms with Crippen LogP contribution in [-0.4, -0.2) is 23.0 Å². The fourth-order valence-corrected chi connectivity index (χ4v) is 3.42. The van der Waals surface area contributed by atoms with Gasteiger partial charge in [0.15, 0.2) is 0 Å². The Morgan fingerprint density at radius 1 is 1.03 bits per heavy atom. The number of aryl methyl sites for hydroxylation is 2. The number of imidazole rings is 1. The molecule has 0 radical (unpaired) electrons. The number of hydrogen-bond donors (Lipinski definition) is 2. The summed E-state index contributed by atoms with van der Waals surface area (Å²) in [6.07, 6.45) is 0.305. The zero-order chi connectivity index (χ0) is 20.4. The fourth-order valence-electron chi connectivity index (χ4n) is 3.42. The van der Waals surface area contributed by atoms with Crippen LogP contribution in [0.5, 0.6) is 5.75 Å². The molecule has 0 saturated carbocycles. The van der Waals surface area contributed by atoms with E-state index in [2.05, 4.69) is 15.3 Å². The van der Waals surface area contributed by atoms with Crippen molar-refractivity contribution in [3.8, 4) is 17.1 Å². The van der Waals surface area contributed by atoms with Gasteiger partial charge < -0.3 is 15.0 Å². The second-order valence-corrected chi connectivity index (χ2v) is 7.16. The predicted octanol–water partition coefficient (Wildman–Crippen LogP) is 5.04. The van der Waals surface area contributed by atoms with Gasteiger partial charge >= 0.3 is 0 Å². The van der Waals surface area contributed by atoms with Gasteiger partial charge in [0, 0.05) is 11.3 Å². The molecule has 3 aromatic carbocycles. The molecule has 0 atom stereocenters. The molecular formula is C24H23N3O2. The summed E-state index contributed by atoms with van der Waals surface area (Å²) in [5.74, 6) is 1.55. The molecular weight excluding hydrogens is 362 g/mol. The van der Waals surface area contributed by atoms with Crippen molar-refractivity contribution in [3.05, 3.63) is 77.4 Å². The third kappa shape index (κ3) is 3.99. The molecule has 4 rings (SSSR count). The second kappa shape index (κ2) is 7.80. The maximum atomic E-state index is 12.6. The lowest BCUT2D eigenvalue weighted by Crippen LogP contribution is -2.15. The molecule has 1 amide bonds. The number of ether oxygens (including phenoxy) is 1. The molecule has 0 aliphatic rings. The van der Waals surface area contributed by atoms with Gasteiger partial charge in [-0.15, -0.1) is 0 Å². The van der Waals surface area contributed by atoms with E-state index in [-0.39, 0.29) is 5.91 Å². The van der Waals surface area contributed by atoms with Crippen molar-refractivity contribution < 1.29 is 9.53 Å². The Hall–Kier alpha value is -3.60. The monoisotopic (exact) mass is 385 g/mol. The van der Waals surface area contributed by atoms with Gasteiger partial charge in [-0.1, -0.05) is 36.4 Å². The first-order valence-electron chi connectivity index (χ1n) is 9.52. The molecule has 0 aliphatic carbocycles. The number of para-hydroxylation sites is 2. The summed E-state index contributed by atoms with van der Waals surface area (Å²) in [5.41, 5.74) is 6.60. The summed E-state index contributed by atoms with van der Waals surface area (Å²) >= 11 is 0. The topological polar surface area (TPSA) is 67.0 Å². The normalized spacial score (nSPS) is 10.9. The lowest BCUT2D eigenvalue weighted by Gasteiger charge is -2.11. The van der Waals surface area contributed by atoms with E-state index < -0.39 is 0 Å². The Morgan fingerprint density at radius 3 is 2.62 bits per heavy atom. The summed E-state index contributed by atoms with van der Waals surface area (Å²) in [6.45, 7) is 3.96. The van der Waals surface area contributed by atoms with E-state index in [1.807, 2.05) is 74.5 Å². The first kappa shape index (κ1) is 18.7. The minimum atomic E-state index is -0.0561. The number of nitrogens with one attached hydrogen (secondary N) is 2. The van der Waals surface area contributed by atoms with Crippen LogP contribution < -0.4 is 10.1 Å². The Labute approximate surface area is 169 Å². The second-order valence-electron chi connectivity index (χ2n) is 7.16. The van der Waals surface area contributed by atoms with Crippen molar-refractivity contribution in [2.75, 3.05) is 12.4 Å². The van der Waals surface area contributed by atoms with E-state index in [1.165, 1.54) is 0 Å². The number of anilines is 1. The SMILES string of the molecule is COc1ccc(CC(=O)Nc2cc(-c3nc4ccccc4[nH]3)ccc2C)cc1C. The van der Waals surface area contributed by atoms with Crippen LogP contribution >= 0.6 is 0 Å². The fraction of sp³-hybridized carbons (Fsp3) is 0.167. The molecule has 0 bridgehead atoms. The van der Waals surface area contributed by atoms with E-state index >= 15 is 0 Å². The van der Waals surface area contributed by atoms with Gasteiger partial charge in [0.2, 0.25) is 5.91 Å². The maximum Gasteiger partial charge on any atom is 0.228 e. The zero-order valence-electron chi connectivity index (χ0n) is 16.7. The highest BCUT2D eigenvalue weighted by atomic mass is 16.5. The van der Waals surface area contributed by atoms with Gasteiger partial charge in [-0.25, -0.2) is 4.98 Å². The lowest BCUT2D eigenvalue weighted by atomic mass is 10.1. The minimum Gasteiger partial charge on any atom is -0.496 e. The molecule has 0 spiro atoms. The van der Waals surface area contributed by atoms with Crippen LogP contribution in [0.2, 0.25) is 0 Å².